The summed E-state index contributed by atoms with van der Waals surface area (Å²) in [6, 6.07) is 7.96. The van der Waals surface area contributed by atoms with E-state index in [1.54, 1.807) is 11.3 Å². The maximum absolute atomic E-state index is 12.3. The lowest BCUT2D eigenvalue weighted by atomic mass is 10.0. The fourth-order valence-corrected chi connectivity index (χ4v) is 3.93. The summed E-state index contributed by atoms with van der Waals surface area (Å²) in [7, 11) is 0. The van der Waals surface area contributed by atoms with Crippen molar-refractivity contribution < 1.29 is 4.79 Å². The monoisotopic (exact) mass is 320 g/mol. The van der Waals surface area contributed by atoms with Crippen molar-refractivity contribution in [2.75, 3.05) is 5.32 Å². The Balaban J connectivity index is 2.04. The highest BCUT2D eigenvalue weighted by atomic mass is 32.2. The molecule has 0 saturated carbocycles. The second-order valence-corrected chi connectivity index (χ2v) is 7.69. The molecule has 1 amide bonds. The number of anilines is 1. The van der Waals surface area contributed by atoms with Crippen LogP contribution in [0.1, 0.15) is 37.9 Å². The Hall–Kier alpha value is -1.33. The molecule has 0 aliphatic carbocycles. The number of aromatic nitrogens is 1. The van der Waals surface area contributed by atoms with E-state index in [1.165, 1.54) is 11.8 Å². The SMILES string of the molecule is Cc1csc(S[C@@H](C)C(=O)Nc2ccccc2C(C)C)n1. The molecule has 0 fully saturated rings. The molecule has 21 heavy (non-hydrogen) atoms. The fourth-order valence-electron chi connectivity index (χ4n) is 1.94. The Morgan fingerprint density at radius 2 is 2.00 bits per heavy atom. The number of nitrogens with zero attached hydrogens (tertiary/aromatic N) is 1. The number of thiazole rings is 1. The van der Waals surface area contributed by atoms with Gasteiger partial charge >= 0.3 is 0 Å². The minimum absolute atomic E-state index is 0.0148. The van der Waals surface area contributed by atoms with E-state index in [-0.39, 0.29) is 11.2 Å². The Labute approximate surface area is 134 Å². The molecule has 1 atom stereocenters. The number of carbonyl (C=O) groups is 1. The average molecular weight is 320 g/mol. The Morgan fingerprint density at radius 1 is 1.29 bits per heavy atom. The lowest BCUT2D eigenvalue weighted by Crippen LogP contribution is -2.23. The number of para-hydroxylation sites is 1. The number of hydrogen-bond donors (Lipinski definition) is 1. The van der Waals surface area contributed by atoms with Gasteiger partial charge in [0.05, 0.1) is 5.25 Å². The zero-order chi connectivity index (χ0) is 15.4. The number of nitrogens with one attached hydrogen (secondary N) is 1. The Kier molecular flexibility index (Phi) is 5.42. The normalized spacial score (nSPS) is 12.4. The molecular weight excluding hydrogens is 300 g/mol. The van der Waals surface area contributed by atoms with Gasteiger partial charge in [0.15, 0.2) is 4.34 Å². The van der Waals surface area contributed by atoms with Crippen LogP contribution in [0, 0.1) is 6.92 Å². The van der Waals surface area contributed by atoms with Crippen LogP contribution in [0.15, 0.2) is 34.0 Å². The molecule has 0 unspecified atom stereocenters. The van der Waals surface area contributed by atoms with Crippen LogP contribution in [-0.2, 0) is 4.79 Å². The molecule has 0 bridgehead atoms. The quantitative estimate of drug-likeness (QED) is 0.812. The predicted molar refractivity (Wildman–Crippen MR) is 91.3 cm³/mol. The number of amides is 1. The molecule has 3 nitrogen and oxygen atoms in total. The summed E-state index contributed by atoms with van der Waals surface area (Å²) in [6.45, 7) is 8.13. The van der Waals surface area contributed by atoms with E-state index < -0.39 is 0 Å². The van der Waals surface area contributed by atoms with Gasteiger partial charge in [-0.15, -0.1) is 11.3 Å². The number of hydrogen-bond acceptors (Lipinski definition) is 4. The number of benzene rings is 1. The number of rotatable bonds is 5. The van der Waals surface area contributed by atoms with E-state index in [0.29, 0.717) is 5.92 Å². The molecule has 2 rings (SSSR count). The summed E-state index contributed by atoms with van der Waals surface area (Å²) >= 11 is 3.08. The van der Waals surface area contributed by atoms with Crippen molar-refractivity contribution in [3.63, 3.8) is 0 Å². The summed E-state index contributed by atoms with van der Waals surface area (Å²) < 4.78 is 0.937. The van der Waals surface area contributed by atoms with Gasteiger partial charge in [-0.1, -0.05) is 43.8 Å². The van der Waals surface area contributed by atoms with Crippen molar-refractivity contribution >= 4 is 34.7 Å². The molecule has 0 aliphatic heterocycles. The van der Waals surface area contributed by atoms with Gasteiger partial charge in [-0.25, -0.2) is 4.98 Å². The van der Waals surface area contributed by atoms with Crippen LogP contribution in [0.2, 0.25) is 0 Å². The summed E-state index contributed by atoms with van der Waals surface area (Å²) in [5.74, 6) is 0.395. The lowest BCUT2D eigenvalue weighted by Gasteiger charge is -2.15. The first kappa shape index (κ1) is 16.0. The van der Waals surface area contributed by atoms with E-state index >= 15 is 0 Å². The highest BCUT2D eigenvalue weighted by molar-refractivity contribution is 8.02. The lowest BCUT2D eigenvalue weighted by molar-refractivity contribution is -0.115. The van der Waals surface area contributed by atoms with E-state index in [1.807, 2.05) is 37.4 Å². The summed E-state index contributed by atoms with van der Waals surface area (Å²) in [5, 5.41) is 4.87. The molecular formula is C16H20N2OS2. The van der Waals surface area contributed by atoms with Gasteiger partial charge in [-0.3, -0.25) is 4.79 Å². The van der Waals surface area contributed by atoms with Gasteiger partial charge < -0.3 is 5.32 Å². The number of aryl methyl sites for hydroxylation is 1. The first-order valence-electron chi connectivity index (χ1n) is 6.96. The minimum Gasteiger partial charge on any atom is -0.325 e. The van der Waals surface area contributed by atoms with Crippen LogP contribution < -0.4 is 5.32 Å². The van der Waals surface area contributed by atoms with Gasteiger partial charge in [0.2, 0.25) is 5.91 Å². The van der Waals surface area contributed by atoms with E-state index in [0.717, 1.165) is 21.3 Å². The third kappa shape index (κ3) is 4.32. The van der Waals surface area contributed by atoms with Crippen LogP contribution in [0.5, 0.6) is 0 Å². The topological polar surface area (TPSA) is 42.0 Å². The van der Waals surface area contributed by atoms with Crippen LogP contribution in [-0.4, -0.2) is 16.1 Å². The summed E-state index contributed by atoms with van der Waals surface area (Å²) in [5.41, 5.74) is 3.06. The zero-order valence-electron chi connectivity index (χ0n) is 12.7. The molecule has 2 aromatic rings. The summed E-state index contributed by atoms with van der Waals surface area (Å²) in [6.07, 6.45) is 0. The molecule has 0 saturated heterocycles. The van der Waals surface area contributed by atoms with Crippen molar-refractivity contribution in [1.29, 1.82) is 0 Å². The standard InChI is InChI=1S/C16H20N2OS2/c1-10(2)13-7-5-6-8-14(13)18-15(19)12(4)21-16-17-11(3)9-20-16/h5-10,12H,1-4H3,(H,18,19)/t12-/m0/s1. The number of thioether (sulfide) groups is 1. The highest BCUT2D eigenvalue weighted by Crippen LogP contribution is 2.28. The molecule has 0 spiro atoms. The molecule has 112 valence electrons. The van der Waals surface area contributed by atoms with Gasteiger partial charge in [-0.05, 0) is 31.4 Å². The van der Waals surface area contributed by atoms with Crippen molar-refractivity contribution in [2.24, 2.45) is 0 Å². The first-order valence-corrected chi connectivity index (χ1v) is 8.72. The van der Waals surface area contributed by atoms with Gasteiger partial charge in [0, 0.05) is 16.8 Å². The minimum atomic E-state index is -0.171. The van der Waals surface area contributed by atoms with Crippen LogP contribution in [0.3, 0.4) is 0 Å². The van der Waals surface area contributed by atoms with Crippen molar-refractivity contribution in [2.45, 2.75) is 43.2 Å². The zero-order valence-corrected chi connectivity index (χ0v) is 14.3. The molecule has 5 heteroatoms. The van der Waals surface area contributed by atoms with Gasteiger partial charge in [-0.2, -0.15) is 0 Å². The Morgan fingerprint density at radius 3 is 2.62 bits per heavy atom. The van der Waals surface area contributed by atoms with Crippen LogP contribution >= 0.6 is 23.1 Å². The molecule has 0 aliphatic rings. The van der Waals surface area contributed by atoms with Crippen molar-refractivity contribution in [3.8, 4) is 0 Å². The Bertz CT molecular complexity index is 622. The smallest absolute Gasteiger partial charge is 0.237 e. The van der Waals surface area contributed by atoms with Crippen LogP contribution in [0.25, 0.3) is 0 Å². The van der Waals surface area contributed by atoms with Gasteiger partial charge in [0.25, 0.3) is 0 Å². The first-order chi connectivity index (χ1) is 9.97. The molecule has 1 aromatic heterocycles. The highest BCUT2D eigenvalue weighted by Gasteiger charge is 2.17. The largest absolute Gasteiger partial charge is 0.325 e. The predicted octanol–water partition coefficient (Wildman–Crippen LogP) is 4.69. The maximum atomic E-state index is 12.3. The van der Waals surface area contributed by atoms with Crippen molar-refractivity contribution in [1.82, 2.24) is 4.98 Å². The second kappa shape index (κ2) is 7.09. The van der Waals surface area contributed by atoms with Crippen LogP contribution in [0.4, 0.5) is 5.69 Å². The molecule has 1 heterocycles. The average Bonchev–Trinajstić information content (AvgIpc) is 2.84. The second-order valence-electron chi connectivity index (χ2n) is 5.25. The summed E-state index contributed by atoms with van der Waals surface area (Å²) in [4.78, 5) is 16.7. The molecule has 1 aromatic carbocycles. The molecule has 0 radical (unpaired) electrons. The van der Waals surface area contributed by atoms with E-state index in [9.17, 15) is 4.79 Å². The van der Waals surface area contributed by atoms with E-state index in [4.69, 9.17) is 0 Å². The van der Waals surface area contributed by atoms with Crippen molar-refractivity contribution in [3.05, 3.63) is 40.9 Å². The van der Waals surface area contributed by atoms with Gasteiger partial charge in [0.1, 0.15) is 0 Å². The molecule has 1 N–H and O–H groups in total. The third-order valence-corrected chi connectivity index (χ3v) is 5.28. The third-order valence-electron chi connectivity index (χ3n) is 3.09. The number of carbonyl (C=O) groups excluding carboxylic acids is 1. The fraction of sp³-hybridized carbons (Fsp3) is 0.375. The maximum Gasteiger partial charge on any atom is 0.237 e. The van der Waals surface area contributed by atoms with E-state index in [2.05, 4.69) is 30.2 Å².